The normalized spacial score (nSPS) is 10.3. The number of hydrogen-bond donors (Lipinski definition) is 3. The molecule has 0 fully saturated rings. The summed E-state index contributed by atoms with van der Waals surface area (Å²) < 4.78 is 0. The summed E-state index contributed by atoms with van der Waals surface area (Å²) in [5.74, 6) is -0.470. The van der Waals surface area contributed by atoms with Gasteiger partial charge in [-0.2, -0.15) is 11.3 Å². The molecule has 0 spiro atoms. The van der Waals surface area contributed by atoms with Gasteiger partial charge in [0.15, 0.2) is 0 Å². The number of thiophene rings is 1. The number of amides is 1. The average Bonchev–Trinajstić information content (AvgIpc) is 2.73. The summed E-state index contributed by atoms with van der Waals surface area (Å²) >= 11 is 1.68. The Balaban J connectivity index is 2.11. The predicted molar refractivity (Wildman–Crippen MR) is 75.8 cm³/mol. The quantitative estimate of drug-likeness (QED) is 0.739. The maximum atomic E-state index is 11.0. The van der Waals surface area contributed by atoms with Crippen LogP contribution in [0.3, 0.4) is 0 Å². The third-order valence-corrected chi connectivity index (χ3v) is 3.68. The molecule has 0 saturated heterocycles. The molecule has 0 saturated carbocycles. The van der Waals surface area contributed by atoms with Crippen LogP contribution in [0.1, 0.15) is 21.5 Å². The molecule has 1 amide bonds. The lowest BCUT2D eigenvalue weighted by Gasteiger charge is -2.10. The van der Waals surface area contributed by atoms with E-state index in [0.29, 0.717) is 11.3 Å². The van der Waals surface area contributed by atoms with Crippen molar-refractivity contribution in [1.82, 2.24) is 0 Å². The first-order valence-electron chi connectivity index (χ1n) is 5.53. The molecule has 0 radical (unpaired) electrons. The Kier molecular flexibility index (Phi) is 3.53. The molecule has 4 nitrogen and oxygen atoms in total. The number of aryl methyl sites for hydroxylation is 1. The Labute approximate surface area is 110 Å². The highest BCUT2D eigenvalue weighted by Gasteiger charge is 2.05. The van der Waals surface area contributed by atoms with E-state index in [0.717, 1.165) is 12.2 Å². The Morgan fingerprint density at radius 3 is 2.72 bits per heavy atom. The van der Waals surface area contributed by atoms with Crippen LogP contribution in [0.25, 0.3) is 0 Å². The van der Waals surface area contributed by atoms with Crippen molar-refractivity contribution in [3.8, 4) is 0 Å². The lowest BCUT2D eigenvalue weighted by Crippen LogP contribution is -2.12. The predicted octanol–water partition coefficient (Wildman–Crippen LogP) is 2.35. The number of nitrogens with two attached hydrogens (primary N) is 2. The largest absolute Gasteiger partial charge is 0.397 e. The number of nitrogens with one attached hydrogen (secondary N) is 1. The highest BCUT2D eigenvalue weighted by atomic mass is 32.1. The van der Waals surface area contributed by atoms with Gasteiger partial charge in [0.2, 0.25) is 5.91 Å². The molecule has 0 bridgehead atoms. The van der Waals surface area contributed by atoms with Gasteiger partial charge in [-0.1, -0.05) is 0 Å². The van der Waals surface area contributed by atoms with E-state index in [4.69, 9.17) is 11.5 Å². The van der Waals surface area contributed by atoms with Crippen LogP contribution in [0.4, 0.5) is 11.4 Å². The van der Waals surface area contributed by atoms with Gasteiger partial charge in [-0.15, -0.1) is 0 Å². The summed E-state index contributed by atoms with van der Waals surface area (Å²) in [6.45, 7) is 2.79. The smallest absolute Gasteiger partial charge is 0.248 e. The third kappa shape index (κ3) is 2.62. The second-order valence-corrected chi connectivity index (χ2v) is 4.84. The zero-order valence-corrected chi connectivity index (χ0v) is 10.9. The minimum Gasteiger partial charge on any atom is -0.397 e. The fraction of sp³-hybridized carbons (Fsp3) is 0.154. The first-order valence-corrected chi connectivity index (χ1v) is 6.47. The number of benzene rings is 1. The molecule has 2 rings (SSSR count). The van der Waals surface area contributed by atoms with Crippen LogP contribution in [-0.2, 0) is 6.54 Å². The molecule has 0 aliphatic heterocycles. The number of rotatable bonds is 4. The van der Waals surface area contributed by atoms with Crippen LogP contribution < -0.4 is 16.8 Å². The van der Waals surface area contributed by atoms with E-state index in [9.17, 15) is 4.79 Å². The third-order valence-electron chi connectivity index (χ3n) is 2.77. The van der Waals surface area contributed by atoms with E-state index >= 15 is 0 Å². The highest BCUT2D eigenvalue weighted by Crippen LogP contribution is 2.22. The highest BCUT2D eigenvalue weighted by molar-refractivity contribution is 7.08. The molecule has 1 aromatic heterocycles. The molecule has 2 aromatic rings. The molecule has 5 heteroatoms. The molecule has 0 aliphatic rings. The summed E-state index contributed by atoms with van der Waals surface area (Å²) in [5, 5.41) is 7.47. The molecule has 0 aliphatic carbocycles. The number of anilines is 2. The molecular formula is C13H15N3OS. The van der Waals surface area contributed by atoms with Crippen molar-refractivity contribution in [3.05, 3.63) is 45.6 Å². The second kappa shape index (κ2) is 5.10. The summed E-state index contributed by atoms with van der Waals surface area (Å²) in [7, 11) is 0. The van der Waals surface area contributed by atoms with Crippen LogP contribution in [0.2, 0.25) is 0 Å². The molecule has 0 atom stereocenters. The Bertz CT molecular complexity index is 577. The minimum atomic E-state index is -0.470. The Hall–Kier alpha value is -2.01. The zero-order chi connectivity index (χ0) is 13.1. The number of carbonyl (C=O) groups is 1. The van der Waals surface area contributed by atoms with Gasteiger partial charge in [-0.3, -0.25) is 4.79 Å². The molecular weight excluding hydrogens is 246 g/mol. The summed E-state index contributed by atoms with van der Waals surface area (Å²) in [4.78, 5) is 11.0. The fourth-order valence-corrected chi connectivity index (χ4v) is 2.49. The van der Waals surface area contributed by atoms with Crippen LogP contribution in [0.15, 0.2) is 29.0 Å². The first-order chi connectivity index (χ1) is 8.58. The minimum absolute atomic E-state index is 0.421. The monoisotopic (exact) mass is 261 g/mol. The van der Waals surface area contributed by atoms with Gasteiger partial charge in [0.1, 0.15) is 0 Å². The number of carbonyl (C=O) groups excluding carboxylic acids is 1. The SMILES string of the molecule is Cc1cscc1CNc1ccc(C(N)=O)cc1N. The summed E-state index contributed by atoms with van der Waals surface area (Å²) in [6.07, 6.45) is 0. The van der Waals surface area contributed by atoms with Gasteiger partial charge in [-0.25, -0.2) is 0 Å². The molecule has 1 heterocycles. The molecule has 94 valence electrons. The second-order valence-electron chi connectivity index (χ2n) is 4.10. The van der Waals surface area contributed by atoms with Crippen molar-refractivity contribution in [3.63, 3.8) is 0 Å². The van der Waals surface area contributed by atoms with Gasteiger partial charge < -0.3 is 16.8 Å². The number of primary amides is 1. The van der Waals surface area contributed by atoms with Gasteiger partial charge in [-0.05, 0) is 47.0 Å². The van der Waals surface area contributed by atoms with Crippen molar-refractivity contribution in [2.24, 2.45) is 5.73 Å². The van der Waals surface area contributed by atoms with Crippen LogP contribution in [-0.4, -0.2) is 5.91 Å². The summed E-state index contributed by atoms with van der Waals surface area (Å²) in [5.41, 5.74) is 15.3. The fourth-order valence-electron chi connectivity index (χ4n) is 1.64. The molecule has 0 unspecified atom stereocenters. The van der Waals surface area contributed by atoms with E-state index in [1.54, 1.807) is 29.5 Å². The van der Waals surface area contributed by atoms with Gasteiger partial charge in [0.25, 0.3) is 0 Å². The van der Waals surface area contributed by atoms with Crippen molar-refractivity contribution >= 4 is 28.6 Å². The van der Waals surface area contributed by atoms with Crippen LogP contribution in [0.5, 0.6) is 0 Å². The van der Waals surface area contributed by atoms with Gasteiger partial charge >= 0.3 is 0 Å². The molecule has 5 N–H and O–H groups in total. The molecule has 18 heavy (non-hydrogen) atoms. The zero-order valence-electron chi connectivity index (χ0n) is 10.1. The van der Waals surface area contributed by atoms with Crippen LogP contribution >= 0.6 is 11.3 Å². The maximum Gasteiger partial charge on any atom is 0.248 e. The lowest BCUT2D eigenvalue weighted by atomic mass is 10.1. The number of hydrogen-bond acceptors (Lipinski definition) is 4. The first kappa shape index (κ1) is 12.4. The van der Waals surface area contributed by atoms with Crippen molar-refractivity contribution in [2.45, 2.75) is 13.5 Å². The van der Waals surface area contributed by atoms with E-state index < -0.39 is 5.91 Å². The summed E-state index contributed by atoms with van der Waals surface area (Å²) in [6, 6.07) is 5.03. The van der Waals surface area contributed by atoms with E-state index in [-0.39, 0.29) is 0 Å². The molecule has 1 aromatic carbocycles. The maximum absolute atomic E-state index is 11.0. The van der Waals surface area contributed by atoms with Gasteiger partial charge in [0, 0.05) is 12.1 Å². The van der Waals surface area contributed by atoms with Crippen LogP contribution in [0, 0.1) is 6.92 Å². The van der Waals surface area contributed by atoms with Gasteiger partial charge in [0.05, 0.1) is 11.4 Å². The average molecular weight is 261 g/mol. The lowest BCUT2D eigenvalue weighted by molar-refractivity contribution is 0.100. The Morgan fingerprint density at radius 2 is 2.17 bits per heavy atom. The van der Waals surface area contributed by atoms with Crippen molar-refractivity contribution in [2.75, 3.05) is 11.1 Å². The van der Waals surface area contributed by atoms with E-state index in [2.05, 4.69) is 23.0 Å². The van der Waals surface area contributed by atoms with E-state index in [1.165, 1.54) is 11.1 Å². The van der Waals surface area contributed by atoms with Crippen molar-refractivity contribution in [1.29, 1.82) is 0 Å². The topological polar surface area (TPSA) is 81.1 Å². The van der Waals surface area contributed by atoms with E-state index in [1.807, 2.05) is 0 Å². The number of nitrogen functional groups attached to an aromatic ring is 1. The standard InChI is InChI=1S/C13H15N3OS/c1-8-6-18-7-10(8)5-16-12-3-2-9(13(15)17)4-11(12)14/h2-4,6-7,16H,5,14H2,1H3,(H2,15,17). The Morgan fingerprint density at radius 1 is 1.39 bits per heavy atom. The van der Waals surface area contributed by atoms with Crippen molar-refractivity contribution < 1.29 is 4.79 Å².